The lowest BCUT2D eigenvalue weighted by Crippen LogP contribution is -2.13. The van der Waals surface area contributed by atoms with Crippen LogP contribution in [0.4, 0.5) is 18.9 Å². The summed E-state index contributed by atoms with van der Waals surface area (Å²) in [5.74, 6) is -0.536. The molecule has 1 aromatic carbocycles. The predicted molar refractivity (Wildman–Crippen MR) is 71.3 cm³/mol. The van der Waals surface area contributed by atoms with E-state index in [1.807, 2.05) is 0 Å². The lowest BCUT2D eigenvalue weighted by atomic mass is 10.2. The van der Waals surface area contributed by atoms with Crippen molar-refractivity contribution in [3.05, 3.63) is 44.9 Å². The highest BCUT2D eigenvalue weighted by molar-refractivity contribution is 7.12. The molecule has 1 heterocycles. The molecule has 106 valence electrons. The summed E-state index contributed by atoms with van der Waals surface area (Å²) in [5, 5.41) is 2.40. The summed E-state index contributed by atoms with van der Waals surface area (Å²) >= 11 is 6.90. The minimum Gasteiger partial charge on any atom is -0.320 e. The normalized spacial score (nSPS) is 11.4. The number of anilines is 1. The molecule has 0 fully saturated rings. The van der Waals surface area contributed by atoms with Crippen molar-refractivity contribution in [3.63, 3.8) is 0 Å². The number of halogens is 4. The Balaban J connectivity index is 2.30. The number of carbonyl (C=O) groups excluding carboxylic acids is 1. The number of carbonyl (C=O) groups is 1. The third-order valence-electron chi connectivity index (χ3n) is 2.49. The molecule has 0 radical (unpaired) electrons. The van der Waals surface area contributed by atoms with Gasteiger partial charge in [-0.15, -0.1) is 11.3 Å². The summed E-state index contributed by atoms with van der Waals surface area (Å²) in [5.41, 5.74) is 1.03. The Hall–Kier alpha value is -1.60. The summed E-state index contributed by atoms with van der Waals surface area (Å²) in [7, 11) is 0. The molecular weight excluding hydrogens is 313 g/mol. The number of nitrogens with one attached hydrogen (secondary N) is 1. The van der Waals surface area contributed by atoms with Crippen molar-refractivity contribution in [2.75, 3.05) is 5.32 Å². The summed E-state index contributed by atoms with van der Waals surface area (Å²) in [6, 6.07) is 2.76. The van der Waals surface area contributed by atoms with Gasteiger partial charge in [-0.25, -0.2) is 4.98 Å². The Morgan fingerprint density at radius 1 is 1.40 bits per heavy atom. The fourth-order valence-electron chi connectivity index (χ4n) is 1.50. The Bertz CT molecular complexity index is 654. The summed E-state index contributed by atoms with van der Waals surface area (Å²) in [4.78, 5) is 16.2. The van der Waals surface area contributed by atoms with Gasteiger partial charge in [-0.1, -0.05) is 11.6 Å². The third kappa shape index (κ3) is 3.10. The molecule has 0 aliphatic rings. The van der Waals surface area contributed by atoms with Crippen LogP contribution < -0.4 is 5.32 Å². The van der Waals surface area contributed by atoms with Crippen molar-refractivity contribution >= 4 is 34.5 Å². The second-order valence-corrected chi connectivity index (χ2v) is 5.18. The molecule has 0 unspecified atom stereocenters. The van der Waals surface area contributed by atoms with Crippen molar-refractivity contribution in [1.82, 2.24) is 4.98 Å². The van der Waals surface area contributed by atoms with Crippen molar-refractivity contribution < 1.29 is 18.0 Å². The first-order valence-electron chi connectivity index (χ1n) is 5.37. The molecule has 0 bridgehead atoms. The summed E-state index contributed by atoms with van der Waals surface area (Å²) < 4.78 is 37.8. The largest absolute Gasteiger partial charge is 0.416 e. The van der Waals surface area contributed by atoms with E-state index in [4.69, 9.17) is 11.6 Å². The van der Waals surface area contributed by atoms with E-state index in [0.29, 0.717) is 10.6 Å². The SMILES string of the molecule is Cc1ncsc1C(=O)Nc1cc(C(F)(F)F)ccc1Cl. The van der Waals surface area contributed by atoms with Gasteiger partial charge in [0.2, 0.25) is 0 Å². The van der Waals surface area contributed by atoms with E-state index in [-0.39, 0.29) is 10.7 Å². The summed E-state index contributed by atoms with van der Waals surface area (Å²) in [6.07, 6.45) is -4.50. The quantitative estimate of drug-likeness (QED) is 0.892. The Morgan fingerprint density at radius 3 is 2.65 bits per heavy atom. The highest BCUT2D eigenvalue weighted by Crippen LogP contribution is 2.34. The van der Waals surface area contributed by atoms with Gasteiger partial charge in [0.1, 0.15) is 4.88 Å². The zero-order valence-corrected chi connectivity index (χ0v) is 11.7. The lowest BCUT2D eigenvalue weighted by molar-refractivity contribution is -0.137. The zero-order chi connectivity index (χ0) is 14.9. The van der Waals surface area contributed by atoms with Crippen LogP contribution in [-0.2, 0) is 6.18 Å². The predicted octanol–water partition coefficient (Wildman–Crippen LogP) is 4.38. The van der Waals surface area contributed by atoms with E-state index in [0.717, 1.165) is 29.5 Å². The van der Waals surface area contributed by atoms with Gasteiger partial charge in [0, 0.05) is 0 Å². The Kier molecular flexibility index (Phi) is 4.01. The first kappa shape index (κ1) is 14.8. The van der Waals surface area contributed by atoms with Gasteiger partial charge in [-0.05, 0) is 25.1 Å². The lowest BCUT2D eigenvalue weighted by Gasteiger charge is -2.11. The van der Waals surface area contributed by atoms with Gasteiger partial charge < -0.3 is 5.32 Å². The molecule has 8 heteroatoms. The molecular formula is C12H8ClF3N2OS. The number of amides is 1. The molecule has 0 spiro atoms. The molecule has 3 nitrogen and oxygen atoms in total. The van der Waals surface area contributed by atoms with Gasteiger partial charge in [0.05, 0.1) is 27.5 Å². The van der Waals surface area contributed by atoms with Gasteiger partial charge in [0.15, 0.2) is 0 Å². The van der Waals surface area contributed by atoms with Crippen LogP contribution in [0, 0.1) is 6.92 Å². The second kappa shape index (κ2) is 5.41. The van der Waals surface area contributed by atoms with E-state index < -0.39 is 17.6 Å². The minimum absolute atomic E-state index is 0.0357. The maximum absolute atomic E-state index is 12.6. The molecule has 2 aromatic rings. The first-order valence-corrected chi connectivity index (χ1v) is 6.63. The molecule has 20 heavy (non-hydrogen) atoms. The smallest absolute Gasteiger partial charge is 0.320 e. The number of aromatic nitrogens is 1. The van der Waals surface area contributed by atoms with Crippen LogP contribution in [0.25, 0.3) is 0 Å². The zero-order valence-electron chi connectivity index (χ0n) is 10.1. The number of nitrogens with zero attached hydrogens (tertiary/aromatic N) is 1. The number of aryl methyl sites for hydroxylation is 1. The number of thiazole rings is 1. The maximum Gasteiger partial charge on any atom is 0.416 e. The molecule has 0 aliphatic carbocycles. The molecule has 1 N–H and O–H groups in total. The van der Waals surface area contributed by atoms with Crippen LogP contribution in [0.2, 0.25) is 5.02 Å². The Labute approximate surface area is 121 Å². The van der Waals surface area contributed by atoms with E-state index in [2.05, 4.69) is 10.3 Å². The van der Waals surface area contributed by atoms with E-state index in [9.17, 15) is 18.0 Å². The molecule has 0 saturated heterocycles. The topological polar surface area (TPSA) is 42.0 Å². The van der Waals surface area contributed by atoms with Gasteiger partial charge in [0.25, 0.3) is 5.91 Å². The highest BCUT2D eigenvalue weighted by Gasteiger charge is 2.31. The molecule has 0 atom stereocenters. The average Bonchev–Trinajstić information content (AvgIpc) is 2.77. The van der Waals surface area contributed by atoms with Gasteiger partial charge >= 0.3 is 6.18 Å². The van der Waals surface area contributed by atoms with Gasteiger partial charge in [-0.3, -0.25) is 4.79 Å². The maximum atomic E-state index is 12.6. The minimum atomic E-state index is -4.50. The third-order valence-corrected chi connectivity index (χ3v) is 3.75. The Morgan fingerprint density at radius 2 is 2.10 bits per heavy atom. The van der Waals surface area contributed by atoms with Crippen LogP contribution in [0.5, 0.6) is 0 Å². The van der Waals surface area contributed by atoms with Crippen molar-refractivity contribution in [2.24, 2.45) is 0 Å². The second-order valence-electron chi connectivity index (χ2n) is 3.91. The molecule has 1 aromatic heterocycles. The number of hydrogen-bond donors (Lipinski definition) is 1. The number of hydrogen-bond acceptors (Lipinski definition) is 3. The standard InChI is InChI=1S/C12H8ClF3N2OS/c1-6-10(20-5-17-6)11(19)18-9-4-7(12(14,15)16)2-3-8(9)13/h2-5H,1H3,(H,18,19). The molecule has 0 aliphatic heterocycles. The average molecular weight is 321 g/mol. The van der Waals surface area contributed by atoms with Crippen LogP contribution in [-0.4, -0.2) is 10.9 Å². The van der Waals surface area contributed by atoms with Crippen LogP contribution >= 0.6 is 22.9 Å². The van der Waals surface area contributed by atoms with Crippen molar-refractivity contribution in [1.29, 1.82) is 0 Å². The molecule has 1 amide bonds. The monoisotopic (exact) mass is 320 g/mol. The van der Waals surface area contributed by atoms with E-state index >= 15 is 0 Å². The van der Waals surface area contributed by atoms with E-state index in [1.54, 1.807) is 6.92 Å². The van der Waals surface area contributed by atoms with Crippen molar-refractivity contribution in [3.8, 4) is 0 Å². The number of rotatable bonds is 2. The summed E-state index contributed by atoms with van der Waals surface area (Å²) in [6.45, 7) is 1.64. The van der Waals surface area contributed by atoms with Gasteiger partial charge in [-0.2, -0.15) is 13.2 Å². The van der Waals surface area contributed by atoms with Crippen molar-refractivity contribution in [2.45, 2.75) is 13.1 Å². The van der Waals surface area contributed by atoms with Crippen LogP contribution in [0.3, 0.4) is 0 Å². The first-order chi connectivity index (χ1) is 9.29. The fraction of sp³-hybridized carbons (Fsp3) is 0.167. The van der Waals surface area contributed by atoms with Crippen LogP contribution in [0.1, 0.15) is 20.9 Å². The molecule has 0 saturated carbocycles. The number of benzene rings is 1. The fourth-order valence-corrected chi connectivity index (χ4v) is 2.36. The number of alkyl halides is 3. The van der Waals surface area contributed by atoms with E-state index in [1.165, 1.54) is 5.51 Å². The highest BCUT2D eigenvalue weighted by atomic mass is 35.5. The molecule has 2 rings (SSSR count). The van der Waals surface area contributed by atoms with Crippen LogP contribution in [0.15, 0.2) is 23.7 Å².